The van der Waals surface area contributed by atoms with E-state index in [1.54, 1.807) is 0 Å². The van der Waals surface area contributed by atoms with Crippen LogP contribution in [0.3, 0.4) is 0 Å². The first-order chi connectivity index (χ1) is 14.5. The van der Waals surface area contributed by atoms with Gasteiger partial charge >= 0.3 is 0 Å². The summed E-state index contributed by atoms with van der Waals surface area (Å²) in [7, 11) is 1.53. The Morgan fingerprint density at radius 1 is 1.23 bits per heavy atom. The number of benzene rings is 1. The van der Waals surface area contributed by atoms with Crippen LogP contribution >= 0.6 is 0 Å². The Morgan fingerprint density at radius 2 is 1.94 bits per heavy atom. The van der Waals surface area contributed by atoms with Crippen LogP contribution in [0.1, 0.15) is 74.7 Å². The van der Waals surface area contributed by atoms with Gasteiger partial charge in [-0.05, 0) is 42.6 Å². The molecule has 2 fully saturated rings. The van der Waals surface area contributed by atoms with Crippen molar-refractivity contribution in [3.05, 3.63) is 22.8 Å². The van der Waals surface area contributed by atoms with E-state index in [4.69, 9.17) is 9.47 Å². The summed E-state index contributed by atoms with van der Waals surface area (Å²) in [6.45, 7) is 8.41. The number of ether oxygens (including phenoxy) is 2. The summed E-state index contributed by atoms with van der Waals surface area (Å²) < 4.78 is 12.4. The number of aromatic hydroxyl groups is 1. The SMILES string of the molecule is CO[C@@H]1NC(=O)c2cc(O)c3c(c21)O[C@]1(C3)[C@H](C)CC[C@H]2C(C)(C)[C@H](O)[C@H](O)C[C@@]21C. The first kappa shape index (κ1) is 21.0. The van der Waals surface area contributed by atoms with Crippen molar-refractivity contribution in [3.8, 4) is 11.5 Å². The Hall–Kier alpha value is -1.83. The zero-order chi connectivity index (χ0) is 22.5. The van der Waals surface area contributed by atoms with Gasteiger partial charge in [-0.3, -0.25) is 4.79 Å². The smallest absolute Gasteiger partial charge is 0.254 e. The molecule has 4 N–H and O–H groups in total. The summed E-state index contributed by atoms with van der Waals surface area (Å²) >= 11 is 0. The highest BCUT2D eigenvalue weighted by Gasteiger charge is 2.69. The minimum Gasteiger partial charge on any atom is -0.508 e. The second-order valence-electron chi connectivity index (χ2n) is 10.9. The fourth-order valence-corrected chi connectivity index (χ4v) is 7.54. The van der Waals surface area contributed by atoms with Crippen molar-refractivity contribution in [1.29, 1.82) is 0 Å². The number of rotatable bonds is 1. The molecule has 1 spiro atoms. The molecular formula is C24H33NO6. The fourth-order valence-electron chi connectivity index (χ4n) is 7.54. The Morgan fingerprint density at radius 3 is 2.61 bits per heavy atom. The number of amides is 1. The first-order valence-electron chi connectivity index (χ1n) is 11.3. The van der Waals surface area contributed by atoms with Crippen molar-refractivity contribution in [2.45, 2.75) is 77.4 Å². The molecule has 170 valence electrons. The van der Waals surface area contributed by atoms with Crippen LogP contribution in [0, 0.1) is 22.7 Å². The molecule has 0 saturated heterocycles. The maximum Gasteiger partial charge on any atom is 0.254 e. The van der Waals surface area contributed by atoms with Crippen molar-refractivity contribution in [1.82, 2.24) is 5.32 Å². The maximum atomic E-state index is 12.5. The summed E-state index contributed by atoms with van der Waals surface area (Å²) in [4.78, 5) is 12.5. The third kappa shape index (κ3) is 2.43. The molecule has 2 saturated carbocycles. The van der Waals surface area contributed by atoms with Crippen LogP contribution in [0.5, 0.6) is 11.5 Å². The minimum absolute atomic E-state index is 0.0612. The largest absolute Gasteiger partial charge is 0.508 e. The molecule has 1 amide bonds. The van der Waals surface area contributed by atoms with Crippen molar-refractivity contribution < 1.29 is 29.6 Å². The van der Waals surface area contributed by atoms with Gasteiger partial charge < -0.3 is 30.1 Å². The number of nitrogens with one attached hydrogen (secondary N) is 1. The van der Waals surface area contributed by atoms with Crippen molar-refractivity contribution >= 4 is 5.91 Å². The standard InChI is InChI=1S/C24H33NO6/c1-11-6-7-16-22(2,3)19(28)15(27)10-23(16,4)24(11)9-13-14(26)8-12-17(18(13)31-24)21(30-5)25-20(12)29/h8,11,15-16,19,21,26-28H,6-7,9-10H2,1-5H3,(H,25,29)/t11-,15-,16+,19-,21+,23+,24-/m1/s1. The number of aliphatic hydroxyl groups is 2. The van der Waals surface area contributed by atoms with Crippen LogP contribution in [-0.4, -0.2) is 46.1 Å². The lowest BCUT2D eigenvalue weighted by atomic mass is 9.43. The van der Waals surface area contributed by atoms with Crippen LogP contribution in [0.25, 0.3) is 0 Å². The topological polar surface area (TPSA) is 108 Å². The van der Waals surface area contributed by atoms with Crippen molar-refractivity contribution in [2.24, 2.45) is 22.7 Å². The predicted octanol–water partition coefficient (Wildman–Crippen LogP) is 2.66. The van der Waals surface area contributed by atoms with Gasteiger partial charge in [-0.25, -0.2) is 0 Å². The van der Waals surface area contributed by atoms with Crippen molar-refractivity contribution in [3.63, 3.8) is 0 Å². The van der Waals surface area contributed by atoms with Gasteiger partial charge in [0, 0.05) is 24.5 Å². The molecule has 1 aromatic rings. The van der Waals surface area contributed by atoms with Crippen molar-refractivity contribution in [2.75, 3.05) is 7.11 Å². The molecule has 0 aromatic heterocycles. The zero-order valence-corrected chi connectivity index (χ0v) is 18.9. The summed E-state index contributed by atoms with van der Waals surface area (Å²) in [5.74, 6) is 0.610. The summed E-state index contributed by atoms with van der Waals surface area (Å²) in [5.41, 5.74) is 0.158. The lowest BCUT2D eigenvalue weighted by Gasteiger charge is -2.64. The Bertz CT molecular complexity index is 960. The third-order valence-corrected chi connectivity index (χ3v) is 9.21. The summed E-state index contributed by atoms with van der Waals surface area (Å²) in [5, 5.41) is 35.3. The molecule has 0 bridgehead atoms. The molecule has 5 rings (SSSR count). The Balaban J connectivity index is 1.68. The quantitative estimate of drug-likeness (QED) is 0.545. The van der Waals surface area contributed by atoms with E-state index in [-0.39, 0.29) is 23.5 Å². The monoisotopic (exact) mass is 431 g/mol. The highest BCUT2D eigenvalue weighted by atomic mass is 16.5. The number of carbonyl (C=O) groups is 1. The van der Waals surface area contributed by atoms with E-state index >= 15 is 0 Å². The van der Waals surface area contributed by atoms with Gasteiger partial charge in [-0.2, -0.15) is 0 Å². The molecule has 31 heavy (non-hydrogen) atoms. The molecule has 7 nitrogen and oxygen atoms in total. The fraction of sp³-hybridized carbons (Fsp3) is 0.708. The van der Waals surface area contributed by atoms with Gasteiger partial charge in [0.15, 0.2) is 6.23 Å². The second-order valence-corrected chi connectivity index (χ2v) is 10.9. The Kier molecular flexibility index (Phi) is 4.32. The average molecular weight is 432 g/mol. The van der Waals surface area contributed by atoms with Crippen LogP contribution in [0.2, 0.25) is 0 Å². The van der Waals surface area contributed by atoms with E-state index in [0.29, 0.717) is 35.3 Å². The lowest BCUT2D eigenvalue weighted by Crippen LogP contribution is -2.69. The van der Waals surface area contributed by atoms with Crippen LogP contribution in [-0.2, 0) is 11.2 Å². The molecule has 4 aliphatic rings. The van der Waals surface area contributed by atoms with E-state index in [1.165, 1.54) is 13.2 Å². The van der Waals surface area contributed by atoms with Gasteiger partial charge in [0.05, 0.1) is 23.3 Å². The molecule has 2 heterocycles. The van der Waals surface area contributed by atoms with Crippen LogP contribution in [0.4, 0.5) is 0 Å². The number of hydrogen-bond donors (Lipinski definition) is 4. The third-order valence-electron chi connectivity index (χ3n) is 9.21. The van der Waals surface area contributed by atoms with E-state index < -0.39 is 34.9 Å². The molecule has 2 aliphatic carbocycles. The van der Waals surface area contributed by atoms with Gasteiger partial charge in [-0.1, -0.05) is 27.7 Å². The molecular weight excluding hydrogens is 398 g/mol. The molecule has 1 aromatic carbocycles. The predicted molar refractivity (Wildman–Crippen MR) is 113 cm³/mol. The summed E-state index contributed by atoms with van der Waals surface area (Å²) in [6, 6.07) is 1.52. The second kappa shape index (κ2) is 6.36. The summed E-state index contributed by atoms with van der Waals surface area (Å²) in [6.07, 6.45) is 0.532. The number of carbonyl (C=O) groups excluding carboxylic acids is 1. The zero-order valence-electron chi connectivity index (χ0n) is 18.9. The number of fused-ring (bicyclic) bond motifs is 5. The van der Waals surface area contributed by atoms with Gasteiger partial charge in [0.2, 0.25) is 0 Å². The average Bonchev–Trinajstić information content (AvgIpc) is 3.25. The molecule has 7 atom stereocenters. The van der Waals surface area contributed by atoms with Crippen LogP contribution < -0.4 is 10.1 Å². The number of phenols is 1. The number of hydrogen-bond acceptors (Lipinski definition) is 6. The minimum atomic E-state index is -0.847. The molecule has 7 heteroatoms. The number of aliphatic hydroxyl groups excluding tert-OH is 2. The first-order valence-corrected chi connectivity index (χ1v) is 11.3. The number of methoxy groups -OCH3 is 1. The number of phenolic OH excluding ortho intramolecular Hbond substituents is 1. The highest BCUT2D eigenvalue weighted by molar-refractivity contribution is 6.00. The van der Waals surface area contributed by atoms with E-state index in [2.05, 4.69) is 19.2 Å². The van der Waals surface area contributed by atoms with Crippen LogP contribution in [0.15, 0.2) is 6.07 Å². The molecule has 2 aliphatic heterocycles. The van der Waals surface area contributed by atoms with E-state index in [0.717, 1.165) is 12.8 Å². The van der Waals surface area contributed by atoms with Gasteiger partial charge in [-0.15, -0.1) is 0 Å². The van der Waals surface area contributed by atoms with E-state index in [9.17, 15) is 20.1 Å². The normalized spacial score (nSPS) is 42.5. The molecule has 0 unspecified atom stereocenters. The van der Waals surface area contributed by atoms with E-state index in [1.807, 2.05) is 13.8 Å². The Labute approximate surface area is 182 Å². The lowest BCUT2D eigenvalue weighted by molar-refractivity contribution is -0.240. The molecule has 0 radical (unpaired) electrons. The van der Waals surface area contributed by atoms with Gasteiger partial charge in [0.1, 0.15) is 17.1 Å². The maximum absolute atomic E-state index is 12.5. The van der Waals surface area contributed by atoms with Gasteiger partial charge in [0.25, 0.3) is 5.91 Å². The highest BCUT2D eigenvalue weighted by Crippen LogP contribution is 2.67.